The van der Waals surface area contributed by atoms with Crippen LogP contribution in [-0.4, -0.2) is 61.8 Å². The number of carbonyl (C=O) groups is 2. The van der Waals surface area contributed by atoms with Crippen LogP contribution in [0.15, 0.2) is 24.3 Å². The number of aromatic amines is 1. The van der Waals surface area contributed by atoms with Gasteiger partial charge in [-0.2, -0.15) is 10.5 Å². The second-order valence-corrected chi connectivity index (χ2v) is 7.99. The standard InChI is InChI=1S/C24H26N6O6/c1-4-5-18-20(7-6-17(14(3)31)22(18)33)35-11-16(32)12-36-21-9-19(13(2)8-15(21)10-25)26-24(34)23-27-29-30-28-23/h6-9,16,32-33H,4-5,11-12H2,1-3H3,(H,26,34)(H,27,28,29,30). The molecule has 36 heavy (non-hydrogen) atoms. The summed E-state index contributed by atoms with van der Waals surface area (Å²) in [4.78, 5) is 24.0. The molecule has 3 rings (SSSR count). The van der Waals surface area contributed by atoms with Crippen LogP contribution >= 0.6 is 0 Å². The number of Topliss-reactive ketones (excluding diaryl/α,β-unsaturated/α-hetero) is 1. The highest BCUT2D eigenvalue weighted by molar-refractivity contribution is 6.02. The predicted molar refractivity (Wildman–Crippen MR) is 127 cm³/mol. The van der Waals surface area contributed by atoms with E-state index >= 15 is 0 Å². The largest absolute Gasteiger partial charge is 0.507 e. The Balaban J connectivity index is 1.68. The minimum absolute atomic E-state index is 0.124. The summed E-state index contributed by atoms with van der Waals surface area (Å²) >= 11 is 0. The molecule has 1 heterocycles. The maximum absolute atomic E-state index is 12.2. The molecule has 4 N–H and O–H groups in total. The molecule has 0 spiro atoms. The van der Waals surface area contributed by atoms with Crippen LogP contribution in [0.25, 0.3) is 0 Å². The Morgan fingerprint density at radius 3 is 2.56 bits per heavy atom. The van der Waals surface area contributed by atoms with Gasteiger partial charge in [0.15, 0.2) is 5.78 Å². The van der Waals surface area contributed by atoms with Crippen LogP contribution in [-0.2, 0) is 6.42 Å². The zero-order valence-corrected chi connectivity index (χ0v) is 20.0. The number of aromatic hydroxyl groups is 1. The lowest BCUT2D eigenvalue weighted by Gasteiger charge is -2.18. The highest BCUT2D eigenvalue weighted by atomic mass is 16.5. The fourth-order valence-electron chi connectivity index (χ4n) is 3.41. The molecule has 12 heteroatoms. The van der Waals surface area contributed by atoms with Crippen molar-refractivity contribution in [1.82, 2.24) is 20.6 Å². The zero-order chi connectivity index (χ0) is 26.2. The van der Waals surface area contributed by atoms with E-state index in [0.717, 1.165) is 0 Å². The molecule has 1 amide bonds. The lowest BCUT2D eigenvalue weighted by molar-refractivity contribution is 0.0621. The Kier molecular flexibility index (Phi) is 8.53. The van der Waals surface area contributed by atoms with Crippen molar-refractivity contribution in [2.24, 2.45) is 0 Å². The first kappa shape index (κ1) is 26.1. The number of hydrogen-bond donors (Lipinski definition) is 4. The number of carbonyl (C=O) groups excluding carboxylic acids is 2. The molecular weight excluding hydrogens is 468 g/mol. The summed E-state index contributed by atoms with van der Waals surface area (Å²) < 4.78 is 11.4. The van der Waals surface area contributed by atoms with Gasteiger partial charge in [0, 0.05) is 17.3 Å². The number of rotatable bonds is 11. The minimum atomic E-state index is -1.08. The van der Waals surface area contributed by atoms with Crippen molar-refractivity contribution >= 4 is 17.4 Å². The van der Waals surface area contributed by atoms with Crippen LogP contribution in [0.3, 0.4) is 0 Å². The van der Waals surface area contributed by atoms with Gasteiger partial charge in [-0.1, -0.05) is 13.3 Å². The first-order valence-corrected chi connectivity index (χ1v) is 11.1. The first-order chi connectivity index (χ1) is 17.2. The number of benzene rings is 2. The number of aryl methyl sites for hydroxylation is 1. The highest BCUT2D eigenvalue weighted by Gasteiger charge is 2.18. The Hall–Kier alpha value is -4.50. The number of hydrogen-bond acceptors (Lipinski definition) is 10. The van der Waals surface area contributed by atoms with Gasteiger partial charge in [0.25, 0.3) is 11.7 Å². The van der Waals surface area contributed by atoms with Gasteiger partial charge in [0.1, 0.15) is 42.6 Å². The summed E-state index contributed by atoms with van der Waals surface area (Å²) in [5.41, 5.74) is 1.89. The number of aliphatic hydroxyl groups excluding tert-OH is 1. The Labute approximate surface area is 206 Å². The number of nitrogens with zero attached hydrogens (tertiary/aromatic N) is 4. The Morgan fingerprint density at radius 1 is 1.22 bits per heavy atom. The second-order valence-electron chi connectivity index (χ2n) is 7.99. The fourth-order valence-corrected chi connectivity index (χ4v) is 3.41. The van der Waals surface area contributed by atoms with E-state index in [0.29, 0.717) is 35.4 Å². The molecular formula is C24H26N6O6. The lowest BCUT2D eigenvalue weighted by Crippen LogP contribution is -2.25. The van der Waals surface area contributed by atoms with Gasteiger partial charge in [-0.25, -0.2) is 0 Å². The number of tetrazole rings is 1. The van der Waals surface area contributed by atoms with Crippen LogP contribution in [0.4, 0.5) is 5.69 Å². The second kappa shape index (κ2) is 11.8. The molecule has 2 aromatic carbocycles. The molecule has 0 fully saturated rings. The molecule has 1 aromatic heterocycles. The average Bonchev–Trinajstić information content (AvgIpc) is 3.39. The van der Waals surface area contributed by atoms with E-state index in [4.69, 9.17) is 9.47 Å². The van der Waals surface area contributed by atoms with Gasteiger partial charge in [-0.3, -0.25) is 9.59 Å². The molecule has 0 aliphatic heterocycles. The van der Waals surface area contributed by atoms with Crippen molar-refractivity contribution < 1.29 is 29.3 Å². The first-order valence-electron chi connectivity index (χ1n) is 11.1. The van der Waals surface area contributed by atoms with E-state index in [1.54, 1.807) is 19.1 Å². The normalized spacial score (nSPS) is 11.4. The number of H-pyrrole nitrogens is 1. The smallest absolute Gasteiger partial charge is 0.297 e. The van der Waals surface area contributed by atoms with Crippen molar-refractivity contribution in [3.63, 3.8) is 0 Å². The third kappa shape index (κ3) is 6.13. The zero-order valence-electron chi connectivity index (χ0n) is 20.0. The molecule has 0 saturated carbocycles. The molecule has 0 saturated heterocycles. The molecule has 188 valence electrons. The summed E-state index contributed by atoms with van der Waals surface area (Å²) in [6, 6.07) is 8.10. The van der Waals surface area contributed by atoms with Crippen molar-refractivity contribution in [2.45, 2.75) is 39.7 Å². The summed E-state index contributed by atoms with van der Waals surface area (Å²) in [7, 11) is 0. The molecule has 3 aromatic rings. The van der Waals surface area contributed by atoms with Crippen molar-refractivity contribution in [2.75, 3.05) is 18.5 Å². The molecule has 1 unspecified atom stereocenters. The van der Waals surface area contributed by atoms with Gasteiger partial charge in [-0.15, -0.1) is 10.2 Å². The summed E-state index contributed by atoms with van der Waals surface area (Å²) in [6.45, 7) is 4.63. The maximum atomic E-state index is 12.2. The summed E-state index contributed by atoms with van der Waals surface area (Å²) in [5, 5.41) is 45.7. The SMILES string of the molecule is CCCc1c(OCC(O)COc2cc(NC(=O)c3nn[nH]n3)c(C)cc2C#N)ccc(C(C)=O)c1O. The Bertz CT molecular complexity index is 1290. The van der Waals surface area contributed by atoms with E-state index in [9.17, 15) is 25.1 Å². The maximum Gasteiger partial charge on any atom is 0.297 e. The van der Waals surface area contributed by atoms with E-state index in [-0.39, 0.29) is 47.4 Å². The number of anilines is 1. The number of phenolic OH excluding ortho intramolecular Hbond substituents is 1. The number of phenols is 1. The summed E-state index contributed by atoms with van der Waals surface area (Å²) in [5.74, 6) is -0.625. The molecule has 0 bridgehead atoms. The predicted octanol–water partition coefficient (Wildman–Crippen LogP) is 2.31. The lowest BCUT2D eigenvalue weighted by atomic mass is 10.0. The molecule has 0 aliphatic rings. The van der Waals surface area contributed by atoms with Crippen LogP contribution < -0.4 is 14.8 Å². The van der Waals surface area contributed by atoms with Crippen molar-refractivity contribution in [3.8, 4) is 23.3 Å². The van der Waals surface area contributed by atoms with Gasteiger partial charge < -0.3 is 25.0 Å². The number of aliphatic hydroxyl groups is 1. The van der Waals surface area contributed by atoms with E-state index < -0.39 is 12.0 Å². The van der Waals surface area contributed by atoms with Gasteiger partial charge in [-0.05, 0) is 49.2 Å². The van der Waals surface area contributed by atoms with Gasteiger partial charge >= 0.3 is 0 Å². The molecule has 12 nitrogen and oxygen atoms in total. The number of ketones is 1. The molecule has 1 atom stereocenters. The molecule has 0 aliphatic carbocycles. The third-order valence-corrected chi connectivity index (χ3v) is 5.23. The number of aromatic nitrogens is 4. The van der Waals surface area contributed by atoms with Crippen molar-refractivity contribution in [1.29, 1.82) is 5.26 Å². The monoisotopic (exact) mass is 494 g/mol. The number of ether oxygens (including phenoxy) is 2. The van der Waals surface area contributed by atoms with Gasteiger partial charge in [0.05, 0.1) is 11.1 Å². The fraction of sp³-hybridized carbons (Fsp3) is 0.333. The highest BCUT2D eigenvalue weighted by Crippen LogP contribution is 2.33. The van der Waals surface area contributed by atoms with Crippen LogP contribution in [0, 0.1) is 18.3 Å². The van der Waals surface area contributed by atoms with E-state index in [2.05, 4.69) is 25.9 Å². The van der Waals surface area contributed by atoms with Crippen molar-refractivity contribution in [3.05, 3.63) is 52.3 Å². The molecule has 0 radical (unpaired) electrons. The van der Waals surface area contributed by atoms with Gasteiger partial charge in [0.2, 0.25) is 0 Å². The summed E-state index contributed by atoms with van der Waals surface area (Å²) in [6.07, 6.45) is 0.119. The average molecular weight is 495 g/mol. The minimum Gasteiger partial charge on any atom is -0.507 e. The topological polar surface area (TPSA) is 183 Å². The van der Waals surface area contributed by atoms with Crippen LogP contribution in [0.1, 0.15) is 57.9 Å². The van der Waals surface area contributed by atoms with Crippen LogP contribution in [0.5, 0.6) is 17.2 Å². The number of nitriles is 1. The Morgan fingerprint density at radius 2 is 1.94 bits per heavy atom. The van der Waals surface area contributed by atoms with Crippen LogP contribution in [0.2, 0.25) is 0 Å². The third-order valence-electron chi connectivity index (χ3n) is 5.23. The van der Waals surface area contributed by atoms with E-state index in [1.807, 2.05) is 13.0 Å². The van der Waals surface area contributed by atoms with E-state index in [1.165, 1.54) is 19.1 Å². The number of nitrogens with one attached hydrogen (secondary N) is 2. The number of amides is 1. The quantitative estimate of drug-likeness (QED) is 0.288.